The number of hydrogen-bond acceptors (Lipinski definition) is 4. The molecule has 0 radical (unpaired) electrons. The smallest absolute Gasteiger partial charge is 0.127 e. The number of nitrogens with one attached hydrogen (secondary N) is 1. The van der Waals surface area contributed by atoms with Gasteiger partial charge in [-0.3, -0.25) is 0 Å². The van der Waals surface area contributed by atoms with Crippen LogP contribution < -0.4 is 14.8 Å². The van der Waals surface area contributed by atoms with Crippen LogP contribution in [0.4, 0.5) is 0 Å². The maximum Gasteiger partial charge on any atom is 0.127 e. The monoisotopic (exact) mass is 281 g/mol. The van der Waals surface area contributed by atoms with Crippen molar-refractivity contribution >= 4 is 0 Å². The molecule has 1 aromatic rings. The van der Waals surface area contributed by atoms with Gasteiger partial charge in [0.15, 0.2) is 0 Å². The molecule has 0 aliphatic carbocycles. The van der Waals surface area contributed by atoms with Gasteiger partial charge in [-0.05, 0) is 12.5 Å². The van der Waals surface area contributed by atoms with E-state index in [4.69, 9.17) is 14.2 Å². The van der Waals surface area contributed by atoms with Gasteiger partial charge in [-0.15, -0.1) is 0 Å². The SMILES string of the molecule is CCCCCOc1cc(OC)ccc1CNCCOC. The Bertz CT molecular complexity index is 369. The van der Waals surface area contributed by atoms with Crippen LogP contribution in [0.5, 0.6) is 11.5 Å². The largest absolute Gasteiger partial charge is 0.497 e. The molecule has 4 heteroatoms. The molecular formula is C16H27NO3. The summed E-state index contributed by atoms with van der Waals surface area (Å²) in [6.45, 7) is 5.26. The maximum absolute atomic E-state index is 5.89. The van der Waals surface area contributed by atoms with Crippen LogP contribution in [0, 0.1) is 0 Å². The lowest BCUT2D eigenvalue weighted by Crippen LogP contribution is -2.19. The molecule has 0 heterocycles. The van der Waals surface area contributed by atoms with E-state index in [-0.39, 0.29) is 0 Å². The molecule has 0 saturated heterocycles. The highest BCUT2D eigenvalue weighted by molar-refractivity contribution is 5.40. The molecule has 0 saturated carbocycles. The minimum Gasteiger partial charge on any atom is -0.497 e. The van der Waals surface area contributed by atoms with Gasteiger partial charge in [-0.1, -0.05) is 25.8 Å². The second-order valence-electron chi connectivity index (χ2n) is 4.70. The van der Waals surface area contributed by atoms with Crippen LogP contribution in [0.1, 0.15) is 31.7 Å². The van der Waals surface area contributed by atoms with E-state index < -0.39 is 0 Å². The van der Waals surface area contributed by atoms with Crippen LogP contribution in [0.3, 0.4) is 0 Å². The minimum atomic E-state index is 0.711. The normalized spacial score (nSPS) is 10.6. The Balaban J connectivity index is 2.56. The van der Waals surface area contributed by atoms with E-state index >= 15 is 0 Å². The summed E-state index contributed by atoms with van der Waals surface area (Å²) in [7, 11) is 3.38. The summed E-state index contributed by atoms with van der Waals surface area (Å²) < 4.78 is 16.2. The van der Waals surface area contributed by atoms with Crippen molar-refractivity contribution in [1.29, 1.82) is 0 Å². The van der Waals surface area contributed by atoms with E-state index in [1.165, 1.54) is 12.8 Å². The fourth-order valence-corrected chi connectivity index (χ4v) is 1.87. The van der Waals surface area contributed by atoms with Gasteiger partial charge in [0.2, 0.25) is 0 Å². The summed E-state index contributed by atoms with van der Waals surface area (Å²) in [6.07, 6.45) is 3.49. The first-order valence-corrected chi connectivity index (χ1v) is 7.31. The predicted octanol–water partition coefficient (Wildman–Crippen LogP) is 3.00. The lowest BCUT2D eigenvalue weighted by atomic mass is 10.2. The molecule has 0 aliphatic heterocycles. The molecule has 20 heavy (non-hydrogen) atoms. The van der Waals surface area contributed by atoms with Gasteiger partial charge in [0.05, 0.1) is 20.3 Å². The van der Waals surface area contributed by atoms with Crippen molar-refractivity contribution in [3.05, 3.63) is 23.8 Å². The van der Waals surface area contributed by atoms with Gasteiger partial charge in [-0.25, -0.2) is 0 Å². The van der Waals surface area contributed by atoms with E-state index in [0.29, 0.717) is 6.61 Å². The third-order valence-electron chi connectivity index (χ3n) is 3.08. The number of rotatable bonds is 11. The molecule has 0 aliphatic rings. The zero-order valence-corrected chi connectivity index (χ0v) is 12.9. The number of methoxy groups -OCH3 is 2. The standard InChI is InChI=1S/C16H27NO3/c1-4-5-6-10-20-16-12-15(19-3)8-7-14(16)13-17-9-11-18-2/h7-8,12,17H,4-6,9-11,13H2,1-3H3. The zero-order chi connectivity index (χ0) is 14.6. The number of unbranched alkanes of at least 4 members (excludes halogenated alkanes) is 2. The van der Waals surface area contributed by atoms with Crippen molar-refractivity contribution < 1.29 is 14.2 Å². The van der Waals surface area contributed by atoms with E-state index in [1.807, 2.05) is 18.2 Å². The van der Waals surface area contributed by atoms with Crippen LogP contribution >= 0.6 is 0 Å². The molecule has 0 unspecified atom stereocenters. The number of ether oxygens (including phenoxy) is 3. The Morgan fingerprint density at radius 3 is 2.65 bits per heavy atom. The molecule has 1 rings (SSSR count). The van der Waals surface area contributed by atoms with Crippen molar-refractivity contribution in [2.75, 3.05) is 34.0 Å². The first-order valence-electron chi connectivity index (χ1n) is 7.31. The quantitative estimate of drug-likeness (QED) is 0.633. The molecular weight excluding hydrogens is 254 g/mol. The highest BCUT2D eigenvalue weighted by Gasteiger charge is 2.06. The second kappa shape index (κ2) is 10.5. The van der Waals surface area contributed by atoms with Crippen LogP contribution in [0.15, 0.2) is 18.2 Å². The average Bonchev–Trinajstić information content (AvgIpc) is 2.49. The van der Waals surface area contributed by atoms with Gasteiger partial charge >= 0.3 is 0 Å². The van der Waals surface area contributed by atoms with Crippen molar-refractivity contribution in [2.24, 2.45) is 0 Å². The Labute approximate surface area is 122 Å². The zero-order valence-electron chi connectivity index (χ0n) is 12.9. The fraction of sp³-hybridized carbons (Fsp3) is 0.625. The number of hydrogen-bond donors (Lipinski definition) is 1. The lowest BCUT2D eigenvalue weighted by Gasteiger charge is -2.13. The molecule has 0 fully saturated rings. The molecule has 0 spiro atoms. The highest BCUT2D eigenvalue weighted by atomic mass is 16.5. The van der Waals surface area contributed by atoms with Crippen molar-refractivity contribution in [3.8, 4) is 11.5 Å². The topological polar surface area (TPSA) is 39.7 Å². The van der Waals surface area contributed by atoms with Crippen LogP contribution in [-0.4, -0.2) is 34.0 Å². The van der Waals surface area contributed by atoms with E-state index in [0.717, 1.165) is 43.2 Å². The molecule has 114 valence electrons. The van der Waals surface area contributed by atoms with Crippen LogP contribution in [0.2, 0.25) is 0 Å². The van der Waals surface area contributed by atoms with E-state index in [2.05, 4.69) is 12.2 Å². The highest BCUT2D eigenvalue weighted by Crippen LogP contribution is 2.25. The van der Waals surface area contributed by atoms with Crippen molar-refractivity contribution in [3.63, 3.8) is 0 Å². The molecule has 1 N–H and O–H groups in total. The van der Waals surface area contributed by atoms with Crippen LogP contribution in [-0.2, 0) is 11.3 Å². The molecule has 1 aromatic carbocycles. The third kappa shape index (κ3) is 6.26. The van der Waals surface area contributed by atoms with Crippen molar-refractivity contribution in [1.82, 2.24) is 5.32 Å². The Morgan fingerprint density at radius 2 is 1.95 bits per heavy atom. The van der Waals surface area contributed by atoms with Gasteiger partial charge in [0.25, 0.3) is 0 Å². The fourth-order valence-electron chi connectivity index (χ4n) is 1.87. The third-order valence-corrected chi connectivity index (χ3v) is 3.08. The summed E-state index contributed by atoms with van der Waals surface area (Å²) in [5.74, 6) is 1.74. The van der Waals surface area contributed by atoms with E-state index in [1.54, 1.807) is 14.2 Å². The molecule has 0 aromatic heterocycles. The van der Waals surface area contributed by atoms with Gasteiger partial charge < -0.3 is 19.5 Å². The van der Waals surface area contributed by atoms with Crippen molar-refractivity contribution in [2.45, 2.75) is 32.7 Å². The summed E-state index contributed by atoms with van der Waals surface area (Å²) in [4.78, 5) is 0. The summed E-state index contributed by atoms with van der Waals surface area (Å²) in [5.41, 5.74) is 1.15. The maximum atomic E-state index is 5.89. The molecule has 0 bridgehead atoms. The predicted molar refractivity (Wildman–Crippen MR) is 81.6 cm³/mol. The summed E-state index contributed by atoms with van der Waals surface area (Å²) >= 11 is 0. The van der Waals surface area contributed by atoms with Gasteiger partial charge in [0.1, 0.15) is 11.5 Å². The Morgan fingerprint density at radius 1 is 1.10 bits per heavy atom. The van der Waals surface area contributed by atoms with Gasteiger partial charge in [0, 0.05) is 31.8 Å². The van der Waals surface area contributed by atoms with Gasteiger partial charge in [-0.2, -0.15) is 0 Å². The summed E-state index contributed by atoms with van der Waals surface area (Å²) in [5, 5.41) is 3.34. The second-order valence-corrected chi connectivity index (χ2v) is 4.70. The Kier molecular flexibility index (Phi) is 8.83. The first-order chi connectivity index (χ1) is 9.81. The first kappa shape index (κ1) is 16.8. The summed E-state index contributed by atoms with van der Waals surface area (Å²) in [6, 6.07) is 5.97. The average molecular weight is 281 g/mol. The Hall–Kier alpha value is -1.26. The van der Waals surface area contributed by atoms with Crippen LogP contribution in [0.25, 0.3) is 0 Å². The molecule has 0 atom stereocenters. The minimum absolute atomic E-state index is 0.711. The lowest BCUT2D eigenvalue weighted by molar-refractivity contribution is 0.199. The van der Waals surface area contributed by atoms with E-state index in [9.17, 15) is 0 Å². The molecule has 4 nitrogen and oxygen atoms in total. The number of benzene rings is 1. The molecule has 0 amide bonds.